The van der Waals surface area contributed by atoms with Crippen LogP contribution in [0.3, 0.4) is 0 Å². The molecule has 0 fully saturated rings. The van der Waals surface area contributed by atoms with E-state index >= 15 is 0 Å². The molecule has 0 radical (unpaired) electrons. The van der Waals surface area contributed by atoms with E-state index in [1.165, 1.54) is 19.2 Å². The van der Waals surface area contributed by atoms with Crippen LogP contribution in [0.2, 0.25) is 5.15 Å². The van der Waals surface area contributed by atoms with Crippen molar-refractivity contribution in [3.05, 3.63) is 58.4 Å². The Morgan fingerprint density at radius 2 is 2.00 bits per heavy atom. The van der Waals surface area contributed by atoms with Gasteiger partial charge in [0.2, 0.25) is 0 Å². The Bertz CT molecular complexity index is 764. The van der Waals surface area contributed by atoms with Crippen molar-refractivity contribution in [2.75, 3.05) is 7.11 Å². The van der Waals surface area contributed by atoms with Crippen molar-refractivity contribution in [2.45, 2.75) is 19.4 Å². The Kier molecular flexibility index (Phi) is 5.76. The van der Waals surface area contributed by atoms with Crippen LogP contribution in [0.25, 0.3) is 0 Å². The largest absolute Gasteiger partial charge is 0.494 e. The minimum atomic E-state index is -1.01. The van der Waals surface area contributed by atoms with E-state index in [0.29, 0.717) is 5.75 Å². The molecule has 2 rings (SSSR count). The number of pyridine rings is 1. The number of carbonyl (C=O) groups is 2. The summed E-state index contributed by atoms with van der Waals surface area (Å²) in [6.45, 7) is 1.86. The maximum Gasteiger partial charge on any atom is 0.305 e. The third-order valence-corrected chi connectivity index (χ3v) is 3.79. The van der Waals surface area contributed by atoms with Crippen LogP contribution in [0.1, 0.15) is 34.1 Å². The first-order valence-corrected chi connectivity index (χ1v) is 7.59. The van der Waals surface area contributed by atoms with Gasteiger partial charge in [-0.2, -0.15) is 0 Å². The molecule has 1 aromatic carbocycles. The zero-order valence-corrected chi connectivity index (χ0v) is 14.0. The lowest BCUT2D eigenvalue weighted by Crippen LogP contribution is -2.31. The Morgan fingerprint density at radius 3 is 2.58 bits per heavy atom. The normalized spacial score (nSPS) is 11.6. The fourth-order valence-electron chi connectivity index (χ4n) is 2.32. The van der Waals surface area contributed by atoms with Gasteiger partial charge in [0.15, 0.2) is 10.9 Å². The van der Waals surface area contributed by atoms with Crippen LogP contribution < -0.4 is 10.1 Å². The van der Waals surface area contributed by atoms with E-state index in [4.69, 9.17) is 21.4 Å². The Morgan fingerprint density at radius 1 is 1.29 bits per heavy atom. The minimum absolute atomic E-state index is 0.0656. The van der Waals surface area contributed by atoms with Crippen LogP contribution >= 0.6 is 11.6 Å². The number of aliphatic carboxylic acids is 1. The Hall–Kier alpha value is -2.60. The van der Waals surface area contributed by atoms with Gasteiger partial charge in [-0.1, -0.05) is 35.9 Å². The second-order valence-electron chi connectivity index (χ2n) is 5.17. The molecule has 1 unspecified atom stereocenters. The van der Waals surface area contributed by atoms with Crippen LogP contribution in [0.4, 0.5) is 0 Å². The number of hydrogen-bond donors (Lipinski definition) is 2. The molecule has 0 aliphatic heterocycles. The van der Waals surface area contributed by atoms with Crippen molar-refractivity contribution >= 4 is 23.5 Å². The first kappa shape index (κ1) is 17.7. The van der Waals surface area contributed by atoms with Crippen LogP contribution in [0.5, 0.6) is 5.75 Å². The van der Waals surface area contributed by atoms with Crippen LogP contribution in [-0.2, 0) is 4.79 Å². The molecule has 0 spiro atoms. The Labute approximate surface area is 144 Å². The van der Waals surface area contributed by atoms with Gasteiger partial charge in [0.25, 0.3) is 5.91 Å². The molecule has 2 N–H and O–H groups in total. The second kappa shape index (κ2) is 7.79. The third-order valence-electron chi connectivity index (χ3n) is 3.52. The van der Waals surface area contributed by atoms with Crippen molar-refractivity contribution in [1.29, 1.82) is 0 Å². The molecule has 1 aromatic heterocycles. The van der Waals surface area contributed by atoms with Gasteiger partial charge in [-0.25, -0.2) is 4.98 Å². The van der Waals surface area contributed by atoms with Gasteiger partial charge in [-0.15, -0.1) is 0 Å². The summed E-state index contributed by atoms with van der Waals surface area (Å²) >= 11 is 5.93. The highest BCUT2D eigenvalue weighted by Gasteiger charge is 2.21. The molecular weight excluding hydrogens is 332 g/mol. The fraction of sp³-hybridized carbons (Fsp3) is 0.235. The SMILES string of the molecule is COc1ccc(C(=O)NC(CC(=O)O)c2ccccc2C)nc1Cl. The van der Waals surface area contributed by atoms with E-state index in [2.05, 4.69) is 10.3 Å². The van der Waals surface area contributed by atoms with Gasteiger partial charge in [0, 0.05) is 0 Å². The highest BCUT2D eigenvalue weighted by molar-refractivity contribution is 6.31. The van der Waals surface area contributed by atoms with Crippen LogP contribution in [0, 0.1) is 6.92 Å². The topological polar surface area (TPSA) is 88.5 Å². The number of ether oxygens (including phenoxy) is 1. The number of halogens is 1. The number of aromatic nitrogens is 1. The number of carboxylic acids is 1. The minimum Gasteiger partial charge on any atom is -0.494 e. The number of amides is 1. The summed E-state index contributed by atoms with van der Waals surface area (Å²) in [5.74, 6) is -1.16. The first-order valence-electron chi connectivity index (χ1n) is 7.21. The molecule has 7 heteroatoms. The molecular formula is C17H17ClN2O4. The van der Waals surface area contributed by atoms with E-state index in [9.17, 15) is 9.59 Å². The van der Waals surface area contributed by atoms with E-state index < -0.39 is 17.9 Å². The summed E-state index contributed by atoms with van der Waals surface area (Å²) in [6, 6.07) is 9.63. The van der Waals surface area contributed by atoms with Crippen LogP contribution in [-0.4, -0.2) is 29.1 Å². The smallest absolute Gasteiger partial charge is 0.305 e. The average molecular weight is 349 g/mol. The summed E-state index contributed by atoms with van der Waals surface area (Å²) in [5, 5.41) is 11.9. The molecule has 0 bridgehead atoms. The zero-order valence-electron chi connectivity index (χ0n) is 13.2. The number of methoxy groups -OCH3 is 1. The zero-order chi connectivity index (χ0) is 17.7. The highest BCUT2D eigenvalue weighted by Crippen LogP contribution is 2.23. The molecule has 24 heavy (non-hydrogen) atoms. The maximum absolute atomic E-state index is 12.4. The number of aryl methyl sites for hydroxylation is 1. The summed E-state index contributed by atoms with van der Waals surface area (Å²) in [7, 11) is 1.45. The maximum atomic E-state index is 12.4. The lowest BCUT2D eigenvalue weighted by molar-refractivity contribution is -0.137. The lowest BCUT2D eigenvalue weighted by atomic mass is 9.98. The van der Waals surface area contributed by atoms with Gasteiger partial charge in [-0.3, -0.25) is 9.59 Å². The second-order valence-corrected chi connectivity index (χ2v) is 5.53. The molecule has 0 saturated carbocycles. The van der Waals surface area contributed by atoms with Crippen molar-refractivity contribution in [2.24, 2.45) is 0 Å². The van der Waals surface area contributed by atoms with Gasteiger partial charge in [-0.05, 0) is 30.2 Å². The van der Waals surface area contributed by atoms with Crippen molar-refractivity contribution < 1.29 is 19.4 Å². The molecule has 126 valence electrons. The van der Waals surface area contributed by atoms with Crippen molar-refractivity contribution in [3.8, 4) is 5.75 Å². The molecule has 1 heterocycles. The summed E-state index contributed by atoms with van der Waals surface area (Å²) in [4.78, 5) is 27.5. The lowest BCUT2D eigenvalue weighted by Gasteiger charge is -2.19. The summed E-state index contributed by atoms with van der Waals surface area (Å²) in [6.07, 6.45) is -0.236. The number of carboxylic acid groups (broad SMARTS) is 1. The molecule has 0 aliphatic rings. The quantitative estimate of drug-likeness (QED) is 0.783. The van der Waals surface area contributed by atoms with E-state index in [1.807, 2.05) is 19.1 Å². The van der Waals surface area contributed by atoms with Gasteiger partial charge in [0.05, 0.1) is 19.6 Å². The average Bonchev–Trinajstić information content (AvgIpc) is 2.54. The number of nitrogens with one attached hydrogen (secondary N) is 1. The monoisotopic (exact) mass is 348 g/mol. The standard InChI is InChI=1S/C17H17ClN2O4/c1-10-5-3-4-6-11(10)13(9-15(21)22)20-17(23)12-7-8-14(24-2)16(18)19-12/h3-8,13H,9H2,1-2H3,(H,20,23)(H,21,22). The molecule has 0 aliphatic carbocycles. The van der Waals surface area contributed by atoms with Gasteiger partial charge in [0.1, 0.15) is 5.69 Å². The third kappa shape index (κ3) is 4.23. The van der Waals surface area contributed by atoms with Crippen molar-refractivity contribution in [1.82, 2.24) is 10.3 Å². The fourth-order valence-corrected chi connectivity index (χ4v) is 2.55. The summed E-state index contributed by atoms with van der Waals surface area (Å²) in [5.41, 5.74) is 1.72. The van der Waals surface area contributed by atoms with E-state index in [0.717, 1.165) is 11.1 Å². The van der Waals surface area contributed by atoms with E-state index in [1.54, 1.807) is 12.1 Å². The number of hydrogen-bond acceptors (Lipinski definition) is 4. The number of carbonyl (C=O) groups excluding carboxylic acids is 1. The van der Waals surface area contributed by atoms with E-state index in [-0.39, 0.29) is 17.3 Å². The Balaban J connectivity index is 2.26. The van der Waals surface area contributed by atoms with Gasteiger partial charge < -0.3 is 15.2 Å². The predicted octanol–water partition coefficient (Wildman–Crippen LogP) is 3.00. The van der Waals surface area contributed by atoms with Crippen molar-refractivity contribution in [3.63, 3.8) is 0 Å². The molecule has 0 saturated heterocycles. The number of nitrogens with zero attached hydrogens (tertiary/aromatic N) is 1. The number of benzene rings is 1. The molecule has 1 atom stereocenters. The van der Waals surface area contributed by atoms with Gasteiger partial charge >= 0.3 is 5.97 Å². The van der Waals surface area contributed by atoms with Crippen LogP contribution in [0.15, 0.2) is 36.4 Å². The molecule has 2 aromatic rings. The molecule has 6 nitrogen and oxygen atoms in total. The molecule has 1 amide bonds. The highest BCUT2D eigenvalue weighted by atomic mass is 35.5. The first-order chi connectivity index (χ1) is 11.4. The predicted molar refractivity (Wildman–Crippen MR) is 89.4 cm³/mol. The summed E-state index contributed by atoms with van der Waals surface area (Å²) < 4.78 is 4.99. The number of rotatable bonds is 6.